The molecule has 0 amide bonds. The molecule has 5 atom stereocenters. The van der Waals surface area contributed by atoms with Crippen LogP contribution in [0.25, 0.3) is 0 Å². The molecule has 0 heterocycles. The summed E-state index contributed by atoms with van der Waals surface area (Å²) >= 11 is 0. The molecule has 0 aliphatic rings. The maximum Gasteiger partial charge on any atom is 0.513 e. The van der Waals surface area contributed by atoms with Crippen molar-refractivity contribution in [2.45, 2.75) is 98.8 Å². The Morgan fingerprint density at radius 1 is 0.786 bits per heavy atom. The Balaban J connectivity index is 3.35. The van der Waals surface area contributed by atoms with Crippen molar-refractivity contribution in [3.63, 3.8) is 0 Å². The quantitative estimate of drug-likeness (QED) is 0.124. The van der Waals surface area contributed by atoms with Gasteiger partial charge in [0.2, 0.25) is 0 Å². The van der Waals surface area contributed by atoms with Crippen molar-refractivity contribution in [2.24, 2.45) is 23.5 Å². The van der Waals surface area contributed by atoms with E-state index in [-0.39, 0.29) is 36.7 Å². The van der Waals surface area contributed by atoms with Gasteiger partial charge in [0.05, 0.1) is 13.2 Å². The van der Waals surface area contributed by atoms with E-state index in [1.54, 1.807) is 20.8 Å². The van der Waals surface area contributed by atoms with Gasteiger partial charge in [-0.1, -0.05) is 47.6 Å². The fraction of sp³-hybridized carbons (Fsp3) is 0.667. The molecular formula is C30H47NO11. The number of rotatable bonds is 16. The largest absolute Gasteiger partial charge is 0.513 e. The molecule has 1 aromatic carbocycles. The summed E-state index contributed by atoms with van der Waals surface area (Å²) in [6, 6.07) is 2.73. The van der Waals surface area contributed by atoms with Gasteiger partial charge in [-0.3, -0.25) is 4.79 Å². The Bertz CT molecular complexity index is 1030. The van der Waals surface area contributed by atoms with Crippen molar-refractivity contribution in [1.82, 2.24) is 0 Å². The average Bonchev–Trinajstić information content (AvgIpc) is 2.89. The van der Waals surface area contributed by atoms with Gasteiger partial charge in [-0.2, -0.15) is 0 Å². The molecule has 0 aromatic heterocycles. The third kappa shape index (κ3) is 13.0. The number of carboxylic acid groups (broad SMARTS) is 1. The van der Waals surface area contributed by atoms with Crippen LogP contribution in [0.5, 0.6) is 11.5 Å². The van der Waals surface area contributed by atoms with Crippen LogP contribution in [0, 0.1) is 17.8 Å². The molecule has 0 bridgehead atoms. The zero-order valence-electron chi connectivity index (χ0n) is 25.9. The number of carbonyl (C=O) groups excluding carboxylic acids is 3. The van der Waals surface area contributed by atoms with Gasteiger partial charge in [-0.15, -0.1) is 0 Å². The summed E-state index contributed by atoms with van der Waals surface area (Å²) in [4.78, 5) is 49.0. The fourth-order valence-electron chi connectivity index (χ4n) is 3.71. The van der Waals surface area contributed by atoms with E-state index in [9.17, 15) is 24.3 Å². The number of ether oxygens (including phenoxy) is 6. The lowest BCUT2D eigenvalue weighted by atomic mass is 9.79. The monoisotopic (exact) mass is 597 g/mol. The summed E-state index contributed by atoms with van der Waals surface area (Å²) < 4.78 is 31.5. The van der Waals surface area contributed by atoms with Crippen LogP contribution in [-0.2, 0) is 23.7 Å². The van der Waals surface area contributed by atoms with Gasteiger partial charge in [0, 0.05) is 11.8 Å². The average molecular weight is 598 g/mol. The van der Waals surface area contributed by atoms with Crippen LogP contribution >= 0.6 is 0 Å². The van der Waals surface area contributed by atoms with E-state index in [0.29, 0.717) is 30.7 Å². The molecule has 0 aliphatic heterocycles. The smallest absolute Gasteiger partial charge is 0.480 e. The number of nitrogens with two attached hydrogens (primary N) is 1. The highest BCUT2D eigenvalue weighted by Gasteiger charge is 2.36. The summed E-state index contributed by atoms with van der Waals surface area (Å²) in [5.41, 5.74) is 6.43. The van der Waals surface area contributed by atoms with E-state index in [1.807, 2.05) is 34.6 Å². The third-order valence-electron chi connectivity index (χ3n) is 6.70. The summed E-state index contributed by atoms with van der Waals surface area (Å²) in [6.07, 6.45) is -2.29. The number of carboxylic acids is 1. The molecule has 42 heavy (non-hydrogen) atoms. The van der Waals surface area contributed by atoms with E-state index >= 15 is 0 Å². The highest BCUT2D eigenvalue weighted by molar-refractivity contribution is 5.75. The summed E-state index contributed by atoms with van der Waals surface area (Å²) in [7, 11) is 0. The molecular weight excluding hydrogens is 550 g/mol. The Kier molecular flexibility index (Phi) is 15.7. The molecule has 0 spiro atoms. The van der Waals surface area contributed by atoms with Crippen molar-refractivity contribution in [2.75, 3.05) is 13.2 Å². The minimum absolute atomic E-state index is 0.106. The maximum atomic E-state index is 12.5. The molecule has 12 heteroatoms. The van der Waals surface area contributed by atoms with Crippen LogP contribution in [0.4, 0.5) is 14.4 Å². The van der Waals surface area contributed by atoms with Crippen molar-refractivity contribution in [1.29, 1.82) is 0 Å². The fourth-order valence-corrected chi connectivity index (χ4v) is 3.71. The number of benzene rings is 1. The van der Waals surface area contributed by atoms with Crippen LogP contribution in [0.15, 0.2) is 18.2 Å². The first-order valence-corrected chi connectivity index (χ1v) is 14.3. The van der Waals surface area contributed by atoms with Crippen LogP contribution in [0.1, 0.15) is 86.1 Å². The Morgan fingerprint density at radius 2 is 1.31 bits per heavy atom. The number of carbonyl (C=O) groups is 4. The molecule has 12 nitrogen and oxygen atoms in total. The SMILES string of the molecule is CCC(C)OC(=O)OC(C)C(C)C(c1ccc(OC(=O)OCCC(C)C)c(OC(=O)OCCC(C)C)c1)[C@H](N)C(=O)O. The van der Waals surface area contributed by atoms with Crippen LogP contribution in [0.3, 0.4) is 0 Å². The first kappa shape index (κ1) is 36.5. The lowest BCUT2D eigenvalue weighted by Crippen LogP contribution is -2.42. The van der Waals surface area contributed by atoms with Gasteiger partial charge >= 0.3 is 24.4 Å². The molecule has 0 saturated heterocycles. The first-order valence-electron chi connectivity index (χ1n) is 14.3. The number of hydrogen-bond acceptors (Lipinski definition) is 11. The second-order valence-electron chi connectivity index (χ2n) is 11.1. The van der Waals surface area contributed by atoms with Crippen molar-refractivity contribution >= 4 is 24.4 Å². The first-order chi connectivity index (χ1) is 19.7. The van der Waals surface area contributed by atoms with Crippen LogP contribution in [-0.4, -0.2) is 61.0 Å². The summed E-state index contributed by atoms with van der Waals surface area (Å²) in [5.74, 6) is -2.64. The summed E-state index contributed by atoms with van der Waals surface area (Å²) in [5, 5.41) is 9.78. The Labute approximate surface area is 248 Å². The number of hydrogen-bond donors (Lipinski definition) is 2. The van der Waals surface area contributed by atoms with E-state index in [1.165, 1.54) is 18.2 Å². The second-order valence-corrected chi connectivity index (χ2v) is 11.1. The molecule has 0 aliphatic carbocycles. The molecule has 3 N–H and O–H groups in total. The summed E-state index contributed by atoms with van der Waals surface area (Å²) in [6.45, 7) is 15.0. The zero-order valence-corrected chi connectivity index (χ0v) is 25.9. The Morgan fingerprint density at radius 3 is 1.79 bits per heavy atom. The molecule has 0 saturated carbocycles. The molecule has 0 fully saturated rings. The molecule has 4 unspecified atom stereocenters. The Hall–Kier alpha value is -3.54. The van der Waals surface area contributed by atoms with E-state index in [0.717, 1.165) is 0 Å². The van der Waals surface area contributed by atoms with E-state index in [2.05, 4.69) is 0 Å². The van der Waals surface area contributed by atoms with Crippen molar-refractivity contribution in [3.05, 3.63) is 23.8 Å². The molecule has 1 rings (SSSR count). The van der Waals surface area contributed by atoms with Gasteiger partial charge < -0.3 is 39.3 Å². The minimum atomic E-state index is -1.43. The minimum Gasteiger partial charge on any atom is -0.480 e. The van der Waals surface area contributed by atoms with Crippen LogP contribution < -0.4 is 15.2 Å². The lowest BCUT2D eigenvalue weighted by Gasteiger charge is -2.31. The predicted molar refractivity (Wildman–Crippen MR) is 154 cm³/mol. The van der Waals surface area contributed by atoms with E-state index in [4.69, 9.17) is 34.2 Å². The predicted octanol–water partition coefficient (Wildman–Crippen LogP) is 6.28. The molecule has 0 radical (unpaired) electrons. The van der Waals surface area contributed by atoms with Crippen molar-refractivity contribution < 1.29 is 52.7 Å². The van der Waals surface area contributed by atoms with Crippen LogP contribution in [0.2, 0.25) is 0 Å². The van der Waals surface area contributed by atoms with Gasteiger partial charge in [0.1, 0.15) is 18.2 Å². The zero-order chi connectivity index (χ0) is 32.0. The highest BCUT2D eigenvalue weighted by Crippen LogP contribution is 2.37. The topological polar surface area (TPSA) is 170 Å². The standard InChI is InChI=1S/C30H47NO11/c1-9-19(6)39-30(36)40-21(8)20(7)25(26(31)27(32)33)22-10-11-23(41-28(34)37-14-12-17(2)3)24(16-22)42-29(35)38-15-13-18(4)5/h10-11,16-21,25-26H,9,12-15,31H2,1-8H3,(H,32,33)/t19?,20?,21?,25?,26-/m0/s1. The van der Waals surface area contributed by atoms with E-state index < -0.39 is 48.4 Å². The molecule has 1 aromatic rings. The van der Waals surface area contributed by atoms with Gasteiger partial charge in [0.25, 0.3) is 0 Å². The van der Waals surface area contributed by atoms with Crippen molar-refractivity contribution in [3.8, 4) is 11.5 Å². The lowest BCUT2D eigenvalue weighted by molar-refractivity contribution is -0.139. The normalized spacial score (nSPS) is 14.7. The highest BCUT2D eigenvalue weighted by atomic mass is 16.7. The number of aliphatic carboxylic acids is 1. The van der Waals surface area contributed by atoms with Gasteiger partial charge in [-0.05, 0) is 62.6 Å². The third-order valence-corrected chi connectivity index (χ3v) is 6.70. The molecule has 238 valence electrons. The maximum absolute atomic E-state index is 12.5. The van der Waals surface area contributed by atoms with Gasteiger partial charge in [0.15, 0.2) is 11.5 Å². The van der Waals surface area contributed by atoms with Gasteiger partial charge in [-0.25, -0.2) is 14.4 Å². The second kappa shape index (κ2) is 18.1.